The van der Waals surface area contributed by atoms with Gasteiger partial charge >= 0.3 is 0 Å². The Morgan fingerprint density at radius 2 is 1.79 bits per heavy atom. The first-order valence-electron chi connectivity index (χ1n) is 5.04. The summed E-state index contributed by atoms with van der Waals surface area (Å²) in [5.74, 6) is 0.288. The molecule has 0 aliphatic heterocycles. The molecule has 1 unspecified atom stereocenters. The fourth-order valence-corrected chi connectivity index (χ4v) is 1.25. The Morgan fingerprint density at radius 1 is 1.21 bits per heavy atom. The van der Waals surface area contributed by atoms with Crippen LogP contribution < -0.4 is 0 Å². The molecule has 2 nitrogen and oxygen atoms in total. The predicted molar refractivity (Wildman–Crippen MR) is 57.3 cm³/mol. The Kier molecular flexibility index (Phi) is 3.53. The first-order chi connectivity index (χ1) is 6.53. The zero-order valence-corrected chi connectivity index (χ0v) is 8.83. The van der Waals surface area contributed by atoms with Crippen molar-refractivity contribution in [3.05, 3.63) is 29.8 Å². The Labute approximate surface area is 85.2 Å². The summed E-state index contributed by atoms with van der Waals surface area (Å²) in [6.45, 7) is 3.84. The highest BCUT2D eigenvalue weighted by Gasteiger charge is 2.16. The first-order valence-corrected chi connectivity index (χ1v) is 5.04. The van der Waals surface area contributed by atoms with Crippen molar-refractivity contribution in [3.63, 3.8) is 0 Å². The minimum atomic E-state index is -0.572. The minimum absolute atomic E-state index is 0.288. The first kappa shape index (κ1) is 11.1. The molecule has 0 amide bonds. The molecule has 0 saturated heterocycles. The van der Waals surface area contributed by atoms with E-state index in [1.165, 1.54) is 0 Å². The SMILES string of the molecule is CCC(C)(O)CCc1ccc(O)cc1. The molecule has 0 aliphatic carbocycles. The molecule has 0 radical (unpaired) electrons. The lowest BCUT2D eigenvalue weighted by Gasteiger charge is -2.20. The summed E-state index contributed by atoms with van der Waals surface area (Å²) in [7, 11) is 0. The van der Waals surface area contributed by atoms with Crippen LogP contribution in [0.4, 0.5) is 0 Å². The third-order valence-corrected chi connectivity index (χ3v) is 2.65. The van der Waals surface area contributed by atoms with E-state index >= 15 is 0 Å². The van der Waals surface area contributed by atoms with Gasteiger partial charge in [-0.25, -0.2) is 0 Å². The van der Waals surface area contributed by atoms with Gasteiger partial charge in [-0.1, -0.05) is 19.1 Å². The standard InChI is InChI=1S/C12H18O2/c1-3-12(2,14)9-8-10-4-6-11(13)7-5-10/h4-7,13-14H,3,8-9H2,1-2H3. The molecular weight excluding hydrogens is 176 g/mol. The van der Waals surface area contributed by atoms with Crippen LogP contribution in [0.2, 0.25) is 0 Å². The molecule has 0 fully saturated rings. The van der Waals surface area contributed by atoms with Gasteiger partial charge in [-0.2, -0.15) is 0 Å². The van der Waals surface area contributed by atoms with Crippen molar-refractivity contribution in [2.45, 2.75) is 38.7 Å². The molecule has 0 spiro atoms. The number of phenolic OH excluding ortho intramolecular Hbond substituents is 1. The Bertz CT molecular complexity index is 275. The predicted octanol–water partition coefficient (Wildman–Crippen LogP) is 2.49. The van der Waals surface area contributed by atoms with E-state index < -0.39 is 5.60 Å². The van der Waals surface area contributed by atoms with Gasteiger partial charge in [0.15, 0.2) is 0 Å². The summed E-state index contributed by atoms with van der Waals surface area (Å²) in [5, 5.41) is 18.9. The normalized spacial score (nSPS) is 15.1. The molecule has 1 aromatic carbocycles. The van der Waals surface area contributed by atoms with Gasteiger partial charge in [0.05, 0.1) is 5.60 Å². The summed E-state index contributed by atoms with van der Waals surface area (Å²) in [4.78, 5) is 0. The lowest BCUT2D eigenvalue weighted by molar-refractivity contribution is 0.0473. The van der Waals surface area contributed by atoms with E-state index in [1.807, 2.05) is 26.0 Å². The van der Waals surface area contributed by atoms with Gasteiger partial charge in [0, 0.05) is 0 Å². The van der Waals surface area contributed by atoms with Crippen LogP contribution >= 0.6 is 0 Å². The van der Waals surface area contributed by atoms with Crippen LogP contribution in [0.3, 0.4) is 0 Å². The van der Waals surface area contributed by atoms with Crippen molar-refractivity contribution >= 4 is 0 Å². The van der Waals surface area contributed by atoms with Gasteiger partial charge in [0.25, 0.3) is 0 Å². The van der Waals surface area contributed by atoms with Gasteiger partial charge in [-0.3, -0.25) is 0 Å². The Morgan fingerprint density at radius 3 is 2.29 bits per heavy atom. The second-order valence-electron chi connectivity index (χ2n) is 4.02. The van der Waals surface area contributed by atoms with Crippen LogP contribution in [0.25, 0.3) is 0 Å². The van der Waals surface area contributed by atoms with E-state index in [4.69, 9.17) is 5.11 Å². The van der Waals surface area contributed by atoms with Crippen molar-refractivity contribution in [2.24, 2.45) is 0 Å². The number of hydrogen-bond acceptors (Lipinski definition) is 2. The third-order valence-electron chi connectivity index (χ3n) is 2.65. The fraction of sp³-hybridized carbons (Fsp3) is 0.500. The van der Waals surface area contributed by atoms with E-state index in [2.05, 4.69) is 0 Å². The van der Waals surface area contributed by atoms with Gasteiger partial charge in [-0.05, 0) is 43.9 Å². The number of phenols is 1. The highest BCUT2D eigenvalue weighted by Crippen LogP contribution is 2.18. The molecule has 0 heterocycles. The maximum Gasteiger partial charge on any atom is 0.115 e. The van der Waals surface area contributed by atoms with Gasteiger partial charge < -0.3 is 10.2 Å². The quantitative estimate of drug-likeness (QED) is 0.773. The van der Waals surface area contributed by atoms with Gasteiger partial charge in [0.1, 0.15) is 5.75 Å². The van der Waals surface area contributed by atoms with Crippen LogP contribution in [-0.4, -0.2) is 15.8 Å². The summed E-state index contributed by atoms with van der Waals surface area (Å²) < 4.78 is 0. The lowest BCUT2D eigenvalue weighted by Crippen LogP contribution is -2.23. The summed E-state index contributed by atoms with van der Waals surface area (Å²) in [6.07, 6.45) is 2.38. The molecule has 1 atom stereocenters. The van der Waals surface area contributed by atoms with E-state index in [9.17, 15) is 5.11 Å². The van der Waals surface area contributed by atoms with Crippen molar-refractivity contribution in [2.75, 3.05) is 0 Å². The molecule has 1 rings (SSSR count). The lowest BCUT2D eigenvalue weighted by atomic mass is 9.94. The molecule has 2 heteroatoms. The number of benzene rings is 1. The molecule has 78 valence electrons. The van der Waals surface area contributed by atoms with Crippen LogP contribution in [0.1, 0.15) is 32.3 Å². The van der Waals surface area contributed by atoms with Crippen LogP contribution in [0.15, 0.2) is 24.3 Å². The van der Waals surface area contributed by atoms with Gasteiger partial charge in [0.2, 0.25) is 0 Å². The summed E-state index contributed by atoms with van der Waals surface area (Å²) in [5.41, 5.74) is 0.578. The van der Waals surface area contributed by atoms with Crippen LogP contribution in [0, 0.1) is 0 Å². The van der Waals surface area contributed by atoms with Crippen molar-refractivity contribution in [1.82, 2.24) is 0 Å². The molecule has 2 N–H and O–H groups in total. The van der Waals surface area contributed by atoms with Crippen molar-refractivity contribution in [1.29, 1.82) is 0 Å². The Balaban J connectivity index is 2.50. The van der Waals surface area contributed by atoms with E-state index in [0.29, 0.717) is 0 Å². The number of aliphatic hydroxyl groups is 1. The highest BCUT2D eigenvalue weighted by atomic mass is 16.3. The topological polar surface area (TPSA) is 40.5 Å². The monoisotopic (exact) mass is 194 g/mol. The highest BCUT2D eigenvalue weighted by molar-refractivity contribution is 5.25. The number of aromatic hydroxyl groups is 1. The zero-order chi connectivity index (χ0) is 10.6. The molecular formula is C12H18O2. The number of aryl methyl sites for hydroxylation is 1. The molecule has 0 bridgehead atoms. The number of rotatable bonds is 4. The molecule has 14 heavy (non-hydrogen) atoms. The Hall–Kier alpha value is -1.02. The van der Waals surface area contributed by atoms with Crippen LogP contribution in [0.5, 0.6) is 5.75 Å². The third kappa shape index (κ3) is 3.38. The van der Waals surface area contributed by atoms with Crippen molar-refractivity contribution < 1.29 is 10.2 Å². The van der Waals surface area contributed by atoms with Crippen molar-refractivity contribution in [3.8, 4) is 5.75 Å². The average molecular weight is 194 g/mol. The smallest absolute Gasteiger partial charge is 0.115 e. The summed E-state index contributed by atoms with van der Waals surface area (Å²) in [6, 6.07) is 7.13. The second kappa shape index (κ2) is 4.47. The molecule has 0 saturated carbocycles. The maximum absolute atomic E-state index is 9.79. The molecule has 1 aromatic rings. The largest absolute Gasteiger partial charge is 0.508 e. The minimum Gasteiger partial charge on any atom is -0.508 e. The second-order valence-corrected chi connectivity index (χ2v) is 4.02. The summed E-state index contributed by atoms with van der Waals surface area (Å²) >= 11 is 0. The fourth-order valence-electron chi connectivity index (χ4n) is 1.25. The van der Waals surface area contributed by atoms with E-state index in [0.717, 1.165) is 24.8 Å². The van der Waals surface area contributed by atoms with E-state index in [1.54, 1.807) is 12.1 Å². The zero-order valence-electron chi connectivity index (χ0n) is 8.83. The van der Waals surface area contributed by atoms with E-state index in [-0.39, 0.29) is 5.75 Å². The number of hydrogen-bond donors (Lipinski definition) is 2. The van der Waals surface area contributed by atoms with Crippen LogP contribution in [-0.2, 0) is 6.42 Å². The molecule has 0 aromatic heterocycles. The van der Waals surface area contributed by atoms with Gasteiger partial charge in [-0.15, -0.1) is 0 Å². The molecule has 0 aliphatic rings. The average Bonchev–Trinajstić information content (AvgIpc) is 2.17. The maximum atomic E-state index is 9.79.